The predicted molar refractivity (Wildman–Crippen MR) is 66.0 cm³/mol. The van der Waals surface area contributed by atoms with Gasteiger partial charge in [0.15, 0.2) is 0 Å². The van der Waals surface area contributed by atoms with Gasteiger partial charge in [-0.05, 0) is 26.2 Å². The molecule has 2 heteroatoms. The van der Waals surface area contributed by atoms with Crippen molar-refractivity contribution in [2.75, 3.05) is 0 Å². The van der Waals surface area contributed by atoms with Gasteiger partial charge in [-0.25, -0.2) is 0 Å². The van der Waals surface area contributed by atoms with Crippen molar-refractivity contribution in [3.05, 3.63) is 36.5 Å². The van der Waals surface area contributed by atoms with Crippen molar-refractivity contribution in [2.45, 2.75) is 39.2 Å². The van der Waals surface area contributed by atoms with Crippen LogP contribution in [-0.4, -0.2) is 12.1 Å². The van der Waals surface area contributed by atoms with E-state index in [2.05, 4.69) is 26.2 Å². The molecule has 0 aromatic rings. The maximum Gasteiger partial charge on any atom is 0.307 e. The minimum absolute atomic E-state index is 0.152. The number of esters is 1. The van der Waals surface area contributed by atoms with Crippen LogP contribution in [0.15, 0.2) is 36.5 Å². The fourth-order valence-electron chi connectivity index (χ4n) is 1.79. The van der Waals surface area contributed by atoms with E-state index in [0.717, 1.165) is 18.4 Å². The Kier molecular flexibility index (Phi) is 4.53. The van der Waals surface area contributed by atoms with Gasteiger partial charge in [0.1, 0.15) is 6.10 Å². The third kappa shape index (κ3) is 3.69. The van der Waals surface area contributed by atoms with Crippen molar-refractivity contribution in [2.24, 2.45) is 5.92 Å². The van der Waals surface area contributed by atoms with Crippen LogP contribution in [-0.2, 0) is 9.53 Å². The van der Waals surface area contributed by atoms with Crippen LogP contribution in [0.2, 0.25) is 0 Å². The summed E-state index contributed by atoms with van der Waals surface area (Å²) in [5.74, 6) is 0.0482. The van der Waals surface area contributed by atoms with E-state index in [1.165, 1.54) is 5.57 Å². The van der Waals surface area contributed by atoms with E-state index >= 15 is 0 Å². The second-order valence-electron chi connectivity index (χ2n) is 4.50. The summed E-state index contributed by atoms with van der Waals surface area (Å²) in [6.45, 7) is 11.6. The van der Waals surface area contributed by atoms with Crippen LogP contribution < -0.4 is 0 Å². The number of carbonyl (C=O) groups excluding carboxylic acids is 1. The Morgan fingerprint density at radius 3 is 2.81 bits per heavy atom. The van der Waals surface area contributed by atoms with Crippen LogP contribution in [0, 0.1) is 5.92 Å². The smallest absolute Gasteiger partial charge is 0.307 e. The lowest BCUT2D eigenvalue weighted by Crippen LogP contribution is -2.17. The lowest BCUT2D eigenvalue weighted by atomic mass is 9.93. The Bertz CT molecular complexity index is 326. The molecule has 2 atom stereocenters. The molecule has 1 aliphatic heterocycles. The van der Waals surface area contributed by atoms with E-state index in [1.54, 1.807) is 6.08 Å². The summed E-state index contributed by atoms with van der Waals surface area (Å²) in [7, 11) is 0. The molecule has 0 aromatic heterocycles. The summed E-state index contributed by atoms with van der Waals surface area (Å²) >= 11 is 0. The first kappa shape index (κ1) is 12.8. The van der Waals surface area contributed by atoms with Gasteiger partial charge in [0, 0.05) is 6.42 Å². The zero-order valence-corrected chi connectivity index (χ0v) is 10.2. The van der Waals surface area contributed by atoms with Gasteiger partial charge in [-0.3, -0.25) is 4.79 Å². The third-order valence-electron chi connectivity index (χ3n) is 2.93. The summed E-state index contributed by atoms with van der Waals surface area (Å²) in [5.41, 5.74) is 2.28. The molecule has 88 valence electrons. The molecule has 0 unspecified atom stereocenters. The van der Waals surface area contributed by atoms with Gasteiger partial charge < -0.3 is 4.74 Å². The number of hydrogen-bond donors (Lipinski definition) is 0. The minimum atomic E-state index is -0.187. The van der Waals surface area contributed by atoms with Gasteiger partial charge >= 0.3 is 5.97 Å². The number of cyclic esters (lactones) is 1. The third-order valence-corrected chi connectivity index (χ3v) is 2.93. The quantitative estimate of drug-likeness (QED) is 0.526. The molecule has 0 amide bonds. The average molecular weight is 220 g/mol. The van der Waals surface area contributed by atoms with Crippen molar-refractivity contribution >= 4 is 5.97 Å². The lowest BCUT2D eigenvalue weighted by Gasteiger charge is -2.15. The van der Waals surface area contributed by atoms with Gasteiger partial charge in [-0.1, -0.05) is 36.5 Å². The van der Waals surface area contributed by atoms with E-state index < -0.39 is 0 Å². The molecule has 0 bridgehead atoms. The molecule has 16 heavy (non-hydrogen) atoms. The van der Waals surface area contributed by atoms with Gasteiger partial charge in [0.05, 0.1) is 6.42 Å². The molecule has 0 N–H and O–H groups in total. The number of allylic oxidation sites excluding steroid dienone is 2. The molecule has 0 spiro atoms. The van der Waals surface area contributed by atoms with Gasteiger partial charge in [-0.15, -0.1) is 0 Å². The highest BCUT2D eigenvalue weighted by Gasteiger charge is 2.19. The monoisotopic (exact) mass is 220 g/mol. The number of carbonyl (C=O) groups is 1. The molecule has 2 nitrogen and oxygen atoms in total. The van der Waals surface area contributed by atoms with E-state index in [1.807, 2.05) is 6.92 Å². The van der Waals surface area contributed by atoms with Crippen LogP contribution in [0.5, 0.6) is 0 Å². The highest BCUT2D eigenvalue weighted by molar-refractivity contribution is 5.70. The first-order chi connectivity index (χ1) is 7.52. The Balaban J connectivity index is 2.82. The van der Waals surface area contributed by atoms with Crippen LogP contribution in [0.1, 0.15) is 33.1 Å². The van der Waals surface area contributed by atoms with Gasteiger partial charge in [0.25, 0.3) is 0 Å². The molecule has 1 rings (SSSR count). The zero-order chi connectivity index (χ0) is 12.1. The maximum atomic E-state index is 11.6. The van der Waals surface area contributed by atoms with E-state index in [-0.39, 0.29) is 18.0 Å². The summed E-state index contributed by atoms with van der Waals surface area (Å²) in [4.78, 5) is 11.6. The largest absolute Gasteiger partial charge is 0.458 e. The minimum Gasteiger partial charge on any atom is -0.458 e. The molecular formula is C14H20O2. The lowest BCUT2D eigenvalue weighted by molar-refractivity contribution is -0.147. The van der Waals surface area contributed by atoms with Gasteiger partial charge in [0.2, 0.25) is 0 Å². The maximum absolute atomic E-state index is 11.6. The Morgan fingerprint density at radius 2 is 2.25 bits per heavy atom. The van der Waals surface area contributed by atoms with E-state index in [0.29, 0.717) is 6.42 Å². The van der Waals surface area contributed by atoms with Crippen molar-refractivity contribution in [3.63, 3.8) is 0 Å². The molecule has 0 fully saturated rings. The number of hydrogen-bond acceptors (Lipinski definition) is 2. The first-order valence-corrected chi connectivity index (χ1v) is 5.66. The topological polar surface area (TPSA) is 26.3 Å². The molecule has 0 saturated heterocycles. The van der Waals surface area contributed by atoms with Gasteiger partial charge in [-0.2, -0.15) is 0 Å². The second kappa shape index (κ2) is 5.69. The SMILES string of the molecule is C=C[C@H]1C/C(C)=C/C[C@@H](C(=C)C)CC(=O)O1. The highest BCUT2D eigenvalue weighted by Crippen LogP contribution is 2.23. The Hall–Kier alpha value is -1.31. The summed E-state index contributed by atoms with van der Waals surface area (Å²) in [6.07, 6.45) is 5.73. The van der Waals surface area contributed by atoms with Crippen molar-refractivity contribution in [1.82, 2.24) is 0 Å². The first-order valence-electron chi connectivity index (χ1n) is 5.66. The fraction of sp³-hybridized carbons (Fsp3) is 0.500. The summed E-state index contributed by atoms with van der Waals surface area (Å²) in [6, 6.07) is 0. The van der Waals surface area contributed by atoms with Crippen LogP contribution >= 0.6 is 0 Å². The number of ether oxygens (including phenoxy) is 1. The summed E-state index contributed by atoms with van der Waals surface area (Å²) in [5, 5.41) is 0. The summed E-state index contributed by atoms with van der Waals surface area (Å²) < 4.78 is 5.33. The van der Waals surface area contributed by atoms with Crippen LogP contribution in [0.3, 0.4) is 0 Å². The normalized spacial score (nSPS) is 30.1. The standard InChI is InChI=1S/C14H20O2/c1-5-13-8-11(4)6-7-12(10(2)3)9-14(15)16-13/h5-6,12-13H,1-2,7-9H2,3-4H3/b11-6+/t12-,13+/m1/s1. The molecule has 1 aliphatic rings. The number of rotatable bonds is 2. The Labute approximate surface area is 97.7 Å². The zero-order valence-electron chi connectivity index (χ0n) is 10.2. The Morgan fingerprint density at radius 1 is 1.56 bits per heavy atom. The molecular weight excluding hydrogens is 200 g/mol. The average Bonchev–Trinajstić information content (AvgIpc) is 2.28. The molecule has 0 aromatic carbocycles. The predicted octanol–water partition coefficient (Wildman–Crippen LogP) is 3.41. The highest BCUT2D eigenvalue weighted by atomic mass is 16.5. The van der Waals surface area contributed by atoms with E-state index in [9.17, 15) is 4.79 Å². The van der Waals surface area contributed by atoms with Crippen molar-refractivity contribution < 1.29 is 9.53 Å². The second-order valence-corrected chi connectivity index (χ2v) is 4.50. The molecule has 0 saturated carbocycles. The van der Waals surface area contributed by atoms with Crippen molar-refractivity contribution in [3.8, 4) is 0 Å². The fourth-order valence-corrected chi connectivity index (χ4v) is 1.79. The van der Waals surface area contributed by atoms with Crippen molar-refractivity contribution in [1.29, 1.82) is 0 Å². The molecule has 1 heterocycles. The van der Waals surface area contributed by atoms with Crippen LogP contribution in [0.25, 0.3) is 0 Å². The van der Waals surface area contributed by atoms with Crippen LogP contribution in [0.4, 0.5) is 0 Å². The van der Waals surface area contributed by atoms with E-state index in [4.69, 9.17) is 4.74 Å². The molecule has 0 aliphatic carbocycles. The molecule has 0 radical (unpaired) electrons.